The van der Waals surface area contributed by atoms with E-state index >= 15 is 0 Å². The van der Waals surface area contributed by atoms with Crippen LogP contribution in [0.15, 0.2) is 40.7 Å². The molecular weight excluding hydrogens is 399 g/mol. The molecule has 0 amide bonds. The summed E-state index contributed by atoms with van der Waals surface area (Å²) >= 11 is 0.976. The Morgan fingerprint density at radius 3 is 2.55 bits per heavy atom. The fraction of sp³-hybridized carbons (Fsp3) is 0.500. The zero-order valence-electron chi connectivity index (χ0n) is 16.4. The molecule has 1 unspecified atom stereocenters. The number of hydrogen-bond donors (Lipinski definition) is 2. The van der Waals surface area contributed by atoms with Crippen molar-refractivity contribution in [2.45, 2.75) is 38.5 Å². The van der Waals surface area contributed by atoms with E-state index in [-0.39, 0.29) is 12.6 Å². The molecule has 1 aliphatic heterocycles. The molecule has 9 heteroatoms. The monoisotopic (exact) mass is 425 g/mol. The normalized spacial score (nSPS) is 16.8. The third-order valence-electron chi connectivity index (χ3n) is 4.79. The van der Waals surface area contributed by atoms with Crippen LogP contribution in [0.4, 0.5) is 13.2 Å². The van der Waals surface area contributed by atoms with Crippen molar-refractivity contribution in [3.8, 4) is 0 Å². The van der Waals surface area contributed by atoms with Crippen LogP contribution in [0.5, 0.6) is 0 Å². The molecule has 0 saturated carbocycles. The first-order chi connectivity index (χ1) is 14.0. The number of rotatable bonds is 7. The highest BCUT2D eigenvalue weighted by Crippen LogP contribution is 2.30. The second-order valence-corrected chi connectivity index (χ2v) is 7.81. The van der Waals surface area contributed by atoms with Gasteiger partial charge < -0.3 is 10.6 Å². The molecule has 0 aliphatic carbocycles. The molecule has 5 nitrogen and oxygen atoms in total. The van der Waals surface area contributed by atoms with Crippen LogP contribution < -0.4 is 10.6 Å². The first kappa shape index (κ1) is 21.6. The van der Waals surface area contributed by atoms with Gasteiger partial charge in [0.05, 0.1) is 12.6 Å². The SMILES string of the molecule is CCNC(=NCc1nc(C(F)(F)F)cs1)NCC(c1ccccc1)N1CCCC1. The number of benzene rings is 1. The Morgan fingerprint density at radius 2 is 1.93 bits per heavy atom. The number of likely N-dealkylation sites (tertiary alicyclic amines) is 1. The molecule has 158 valence electrons. The smallest absolute Gasteiger partial charge is 0.357 e. The number of hydrogen-bond acceptors (Lipinski definition) is 4. The van der Waals surface area contributed by atoms with E-state index in [4.69, 9.17) is 0 Å². The molecule has 3 rings (SSSR count). The summed E-state index contributed by atoms with van der Waals surface area (Å²) < 4.78 is 38.2. The van der Waals surface area contributed by atoms with Crippen molar-refractivity contribution in [3.05, 3.63) is 52.0 Å². The first-order valence-electron chi connectivity index (χ1n) is 9.80. The van der Waals surface area contributed by atoms with Crippen molar-refractivity contribution in [1.29, 1.82) is 0 Å². The van der Waals surface area contributed by atoms with Gasteiger partial charge in [0.1, 0.15) is 5.01 Å². The predicted molar refractivity (Wildman–Crippen MR) is 110 cm³/mol. The minimum atomic E-state index is -4.42. The molecule has 0 radical (unpaired) electrons. The van der Waals surface area contributed by atoms with Crippen LogP contribution in [0.2, 0.25) is 0 Å². The highest BCUT2D eigenvalue weighted by Gasteiger charge is 2.33. The Labute approximate surface area is 173 Å². The lowest BCUT2D eigenvalue weighted by Gasteiger charge is -2.29. The van der Waals surface area contributed by atoms with Gasteiger partial charge in [0.2, 0.25) is 0 Å². The fourth-order valence-electron chi connectivity index (χ4n) is 3.38. The number of aromatic nitrogens is 1. The Kier molecular flexibility index (Phi) is 7.49. The number of aliphatic imine (C=N–C) groups is 1. The van der Waals surface area contributed by atoms with Crippen LogP contribution in [0, 0.1) is 0 Å². The Hall–Kier alpha value is -2.13. The lowest BCUT2D eigenvalue weighted by atomic mass is 10.1. The molecule has 1 aromatic heterocycles. The molecule has 1 aliphatic rings. The number of thiazole rings is 1. The van der Waals surface area contributed by atoms with Crippen molar-refractivity contribution in [1.82, 2.24) is 20.5 Å². The second kappa shape index (κ2) is 10.1. The molecular formula is C20H26F3N5S. The Morgan fingerprint density at radius 1 is 1.21 bits per heavy atom. The molecule has 2 heterocycles. The van der Waals surface area contributed by atoms with Crippen molar-refractivity contribution < 1.29 is 13.2 Å². The van der Waals surface area contributed by atoms with Crippen molar-refractivity contribution in [2.24, 2.45) is 4.99 Å². The van der Waals surface area contributed by atoms with Crippen LogP contribution in [-0.4, -0.2) is 42.0 Å². The molecule has 1 fully saturated rings. The van der Waals surface area contributed by atoms with Crippen LogP contribution >= 0.6 is 11.3 Å². The standard InChI is InChI=1S/C20H26F3N5S/c1-2-24-19(26-13-18-27-17(14-29-18)20(21,22)23)25-12-16(28-10-6-7-11-28)15-8-4-3-5-9-15/h3-5,8-9,14,16H,2,6-7,10-13H2,1H3,(H2,24,25,26). The third kappa shape index (κ3) is 6.17. The van der Waals surface area contributed by atoms with E-state index in [2.05, 4.69) is 37.6 Å². The van der Waals surface area contributed by atoms with Gasteiger partial charge in [-0.25, -0.2) is 9.98 Å². The maximum absolute atomic E-state index is 12.7. The van der Waals surface area contributed by atoms with Gasteiger partial charge in [0.25, 0.3) is 0 Å². The van der Waals surface area contributed by atoms with E-state index in [1.165, 1.54) is 18.4 Å². The van der Waals surface area contributed by atoms with E-state index in [0.717, 1.165) is 29.8 Å². The van der Waals surface area contributed by atoms with E-state index in [9.17, 15) is 13.2 Å². The highest BCUT2D eigenvalue weighted by atomic mass is 32.1. The van der Waals surface area contributed by atoms with Crippen LogP contribution in [-0.2, 0) is 12.7 Å². The number of nitrogens with zero attached hydrogens (tertiary/aromatic N) is 3. The largest absolute Gasteiger partial charge is 0.434 e. The zero-order chi connectivity index (χ0) is 20.7. The fourth-order valence-corrected chi connectivity index (χ4v) is 4.11. The number of alkyl halides is 3. The van der Waals surface area contributed by atoms with Gasteiger partial charge in [-0.05, 0) is 38.4 Å². The van der Waals surface area contributed by atoms with Gasteiger partial charge in [0.15, 0.2) is 11.7 Å². The van der Waals surface area contributed by atoms with E-state index in [1.54, 1.807) is 0 Å². The van der Waals surface area contributed by atoms with Gasteiger partial charge in [-0.2, -0.15) is 13.2 Å². The van der Waals surface area contributed by atoms with E-state index < -0.39 is 11.9 Å². The van der Waals surface area contributed by atoms with Crippen LogP contribution in [0.3, 0.4) is 0 Å². The van der Waals surface area contributed by atoms with Gasteiger partial charge >= 0.3 is 6.18 Å². The minimum absolute atomic E-state index is 0.107. The van der Waals surface area contributed by atoms with Crippen LogP contribution in [0.1, 0.15) is 42.1 Å². The summed E-state index contributed by atoms with van der Waals surface area (Å²) in [7, 11) is 0. The summed E-state index contributed by atoms with van der Waals surface area (Å²) in [6.45, 7) is 5.52. The number of halogens is 3. The molecule has 0 spiro atoms. The van der Waals surface area contributed by atoms with Gasteiger partial charge in [-0.3, -0.25) is 4.90 Å². The summed E-state index contributed by atoms with van der Waals surface area (Å²) in [6.07, 6.45) is -2.02. The maximum atomic E-state index is 12.7. The summed E-state index contributed by atoms with van der Waals surface area (Å²) in [6, 6.07) is 10.6. The van der Waals surface area contributed by atoms with Crippen molar-refractivity contribution in [3.63, 3.8) is 0 Å². The van der Waals surface area contributed by atoms with E-state index in [0.29, 0.717) is 24.1 Å². The lowest BCUT2D eigenvalue weighted by molar-refractivity contribution is -0.140. The Bertz CT molecular complexity index is 785. The summed E-state index contributed by atoms with van der Waals surface area (Å²) in [4.78, 5) is 10.5. The third-order valence-corrected chi connectivity index (χ3v) is 5.62. The van der Waals surface area contributed by atoms with E-state index in [1.807, 2.05) is 25.1 Å². The number of guanidine groups is 1. The molecule has 1 saturated heterocycles. The summed E-state index contributed by atoms with van der Waals surface area (Å²) in [5.41, 5.74) is 0.385. The minimum Gasteiger partial charge on any atom is -0.357 e. The molecule has 29 heavy (non-hydrogen) atoms. The first-order valence-corrected chi connectivity index (χ1v) is 10.7. The Balaban J connectivity index is 1.66. The maximum Gasteiger partial charge on any atom is 0.434 e. The lowest BCUT2D eigenvalue weighted by Crippen LogP contribution is -2.42. The van der Waals surface area contributed by atoms with Gasteiger partial charge in [-0.15, -0.1) is 11.3 Å². The summed E-state index contributed by atoms with van der Waals surface area (Å²) in [5, 5.41) is 7.89. The van der Waals surface area contributed by atoms with Crippen molar-refractivity contribution >= 4 is 17.3 Å². The van der Waals surface area contributed by atoms with Gasteiger partial charge in [0, 0.05) is 18.5 Å². The average Bonchev–Trinajstić information content (AvgIpc) is 3.39. The highest BCUT2D eigenvalue weighted by molar-refractivity contribution is 7.09. The molecule has 1 aromatic carbocycles. The second-order valence-electron chi connectivity index (χ2n) is 6.87. The predicted octanol–water partition coefficient (Wildman–Crippen LogP) is 4.05. The molecule has 2 N–H and O–H groups in total. The average molecular weight is 426 g/mol. The van der Waals surface area contributed by atoms with Crippen LogP contribution in [0.25, 0.3) is 0 Å². The zero-order valence-corrected chi connectivity index (χ0v) is 17.2. The van der Waals surface area contributed by atoms with Crippen molar-refractivity contribution in [2.75, 3.05) is 26.2 Å². The topological polar surface area (TPSA) is 52.6 Å². The quantitative estimate of drug-likeness (QED) is 0.519. The molecule has 1 atom stereocenters. The number of nitrogens with one attached hydrogen (secondary N) is 2. The summed E-state index contributed by atoms with van der Waals surface area (Å²) in [5.74, 6) is 0.580. The van der Waals surface area contributed by atoms with Gasteiger partial charge in [-0.1, -0.05) is 30.3 Å². The molecule has 0 bridgehead atoms. The molecule has 2 aromatic rings.